The molecule has 22 heavy (non-hydrogen) atoms. The van der Waals surface area contributed by atoms with E-state index in [2.05, 4.69) is 6.58 Å². The fourth-order valence-corrected chi connectivity index (χ4v) is 5.06. The topological polar surface area (TPSA) is 72.8 Å². The Kier molecular flexibility index (Phi) is 3.59. The molecule has 0 amide bonds. The number of carboxylic acids is 1. The summed E-state index contributed by atoms with van der Waals surface area (Å²) in [6.45, 7) is 6.89. The van der Waals surface area contributed by atoms with Gasteiger partial charge in [0.05, 0.1) is 5.60 Å². The average molecular weight is 308 g/mol. The van der Waals surface area contributed by atoms with Gasteiger partial charge in [0.15, 0.2) is 6.10 Å². The highest BCUT2D eigenvalue weighted by Gasteiger charge is 2.61. The molecule has 4 bridgehead atoms. The maximum absolute atomic E-state index is 12.0. The molecule has 0 aromatic heterocycles. The lowest BCUT2D eigenvalue weighted by molar-refractivity contribution is -0.243. The molecule has 0 radical (unpaired) electrons. The summed E-state index contributed by atoms with van der Waals surface area (Å²) in [6, 6.07) is 0. The predicted molar refractivity (Wildman–Crippen MR) is 79.2 cm³/mol. The maximum Gasteiger partial charge on any atom is 0.333 e. The van der Waals surface area contributed by atoms with Crippen molar-refractivity contribution in [2.45, 2.75) is 69.7 Å². The van der Waals surface area contributed by atoms with Crippen molar-refractivity contribution in [2.75, 3.05) is 0 Å². The van der Waals surface area contributed by atoms with Crippen molar-refractivity contribution in [2.24, 2.45) is 11.8 Å². The first kappa shape index (κ1) is 15.5. The van der Waals surface area contributed by atoms with Crippen molar-refractivity contribution < 1.29 is 24.2 Å². The number of carbonyl (C=O) groups is 2. The minimum absolute atomic E-state index is 0.344. The van der Waals surface area contributed by atoms with E-state index in [0.717, 1.165) is 32.1 Å². The molecular weight excluding hydrogens is 284 g/mol. The van der Waals surface area contributed by atoms with Gasteiger partial charge < -0.3 is 14.6 Å². The second-order valence-electron chi connectivity index (χ2n) is 7.60. The van der Waals surface area contributed by atoms with Crippen LogP contribution in [0.2, 0.25) is 0 Å². The van der Waals surface area contributed by atoms with E-state index in [-0.39, 0.29) is 5.97 Å². The standard InChI is InChI=1S/C17H24O5/c1-10(2)15(20)22-17-7-12-4-13(8-17)6-16(5-12,9-17)21-11(3)14(18)19/h11-13H,1,4-9H2,2-3H3,(H,18,19). The average Bonchev–Trinajstić information content (AvgIpc) is 2.35. The summed E-state index contributed by atoms with van der Waals surface area (Å²) in [6.07, 6.45) is 4.43. The molecule has 4 saturated carbocycles. The van der Waals surface area contributed by atoms with Gasteiger partial charge in [-0.15, -0.1) is 0 Å². The van der Waals surface area contributed by atoms with Crippen molar-refractivity contribution in [3.63, 3.8) is 0 Å². The van der Waals surface area contributed by atoms with Crippen LogP contribution in [0.1, 0.15) is 52.4 Å². The molecule has 4 aliphatic rings. The molecule has 0 aromatic rings. The van der Waals surface area contributed by atoms with E-state index < -0.39 is 23.3 Å². The molecule has 5 nitrogen and oxygen atoms in total. The molecule has 3 atom stereocenters. The van der Waals surface area contributed by atoms with E-state index in [1.165, 1.54) is 0 Å². The second-order valence-corrected chi connectivity index (χ2v) is 7.60. The minimum Gasteiger partial charge on any atom is -0.479 e. The molecule has 1 N–H and O–H groups in total. The number of hydrogen-bond donors (Lipinski definition) is 1. The third-order valence-corrected chi connectivity index (χ3v) is 5.39. The monoisotopic (exact) mass is 308 g/mol. The zero-order chi connectivity index (χ0) is 16.1. The molecule has 4 fully saturated rings. The van der Waals surface area contributed by atoms with Crippen molar-refractivity contribution in [1.82, 2.24) is 0 Å². The lowest BCUT2D eigenvalue weighted by Gasteiger charge is -2.60. The summed E-state index contributed by atoms with van der Waals surface area (Å²) in [7, 11) is 0. The number of carbonyl (C=O) groups excluding carboxylic acids is 1. The number of esters is 1. The van der Waals surface area contributed by atoms with Gasteiger partial charge in [-0.05, 0) is 57.8 Å². The van der Waals surface area contributed by atoms with Crippen LogP contribution in [0, 0.1) is 11.8 Å². The molecule has 122 valence electrons. The summed E-state index contributed by atoms with van der Waals surface area (Å²) in [5.41, 5.74) is -0.528. The van der Waals surface area contributed by atoms with Gasteiger partial charge in [-0.2, -0.15) is 0 Å². The van der Waals surface area contributed by atoms with Gasteiger partial charge >= 0.3 is 11.9 Å². The van der Waals surface area contributed by atoms with Gasteiger partial charge in [0.25, 0.3) is 0 Å². The lowest BCUT2D eigenvalue weighted by Crippen LogP contribution is -2.62. The van der Waals surface area contributed by atoms with E-state index in [1.54, 1.807) is 13.8 Å². The summed E-state index contributed by atoms with van der Waals surface area (Å²) in [5.74, 6) is -0.368. The molecule has 0 aromatic carbocycles. The second kappa shape index (κ2) is 5.08. The Bertz CT molecular complexity index is 509. The molecule has 0 spiro atoms. The Balaban J connectivity index is 1.82. The highest BCUT2D eigenvalue weighted by Crippen LogP contribution is 2.60. The van der Waals surface area contributed by atoms with Crippen LogP contribution in [0.5, 0.6) is 0 Å². The van der Waals surface area contributed by atoms with Gasteiger partial charge in [-0.1, -0.05) is 6.58 Å². The Labute approximate surface area is 130 Å². The first-order valence-electron chi connectivity index (χ1n) is 8.02. The third-order valence-electron chi connectivity index (χ3n) is 5.39. The number of ether oxygens (including phenoxy) is 2. The fourth-order valence-electron chi connectivity index (χ4n) is 5.06. The Morgan fingerprint density at radius 1 is 1.18 bits per heavy atom. The van der Waals surface area contributed by atoms with Crippen LogP contribution >= 0.6 is 0 Å². The predicted octanol–water partition coefficient (Wildman–Crippen LogP) is 2.69. The van der Waals surface area contributed by atoms with Gasteiger partial charge in [0.1, 0.15) is 5.60 Å². The first-order chi connectivity index (χ1) is 10.2. The largest absolute Gasteiger partial charge is 0.479 e. The normalized spacial score (nSPS) is 40.3. The Morgan fingerprint density at radius 2 is 1.73 bits per heavy atom. The Hall–Kier alpha value is -1.36. The van der Waals surface area contributed by atoms with Gasteiger partial charge in [0, 0.05) is 12.0 Å². The number of aliphatic carboxylic acids is 1. The van der Waals surface area contributed by atoms with Crippen molar-refractivity contribution in [3.8, 4) is 0 Å². The summed E-state index contributed by atoms with van der Waals surface area (Å²) < 4.78 is 11.8. The van der Waals surface area contributed by atoms with E-state index in [0.29, 0.717) is 23.8 Å². The van der Waals surface area contributed by atoms with Crippen LogP contribution in [0.3, 0.4) is 0 Å². The summed E-state index contributed by atoms with van der Waals surface area (Å²) in [5, 5.41) is 9.14. The fraction of sp³-hybridized carbons (Fsp3) is 0.765. The number of rotatable bonds is 5. The van der Waals surface area contributed by atoms with Crippen molar-refractivity contribution in [3.05, 3.63) is 12.2 Å². The van der Waals surface area contributed by atoms with E-state index in [4.69, 9.17) is 14.6 Å². The zero-order valence-electron chi connectivity index (χ0n) is 13.3. The summed E-state index contributed by atoms with van der Waals surface area (Å²) >= 11 is 0. The van der Waals surface area contributed by atoms with Crippen LogP contribution in [0.4, 0.5) is 0 Å². The SMILES string of the molecule is C=C(C)C(=O)OC12CC3CC(C1)CC(OC(C)C(=O)O)(C3)C2. The van der Waals surface area contributed by atoms with E-state index >= 15 is 0 Å². The van der Waals surface area contributed by atoms with Crippen molar-refractivity contribution >= 4 is 11.9 Å². The van der Waals surface area contributed by atoms with Crippen molar-refractivity contribution in [1.29, 1.82) is 0 Å². The number of carboxylic acid groups (broad SMARTS) is 1. The van der Waals surface area contributed by atoms with E-state index in [9.17, 15) is 9.59 Å². The van der Waals surface area contributed by atoms with Crippen LogP contribution in [0.25, 0.3) is 0 Å². The minimum atomic E-state index is -0.941. The molecular formula is C17H24O5. The zero-order valence-corrected chi connectivity index (χ0v) is 13.3. The van der Waals surface area contributed by atoms with Crippen LogP contribution in [0.15, 0.2) is 12.2 Å². The summed E-state index contributed by atoms with van der Waals surface area (Å²) in [4.78, 5) is 23.2. The first-order valence-corrected chi connectivity index (χ1v) is 8.02. The van der Waals surface area contributed by atoms with Crippen LogP contribution < -0.4 is 0 Å². The van der Waals surface area contributed by atoms with Gasteiger partial charge in [0.2, 0.25) is 0 Å². The quantitative estimate of drug-likeness (QED) is 0.624. The Morgan fingerprint density at radius 3 is 2.23 bits per heavy atom. The molecule has 0 aliphatic heterocycles. The van der Waals surface area contributed by atoms with Crippen LogP contribution in [-0.2, 0) is 19.1 Å². The third kappa shape index (κ3) is 2.67. The van der Waals surface area contributed by atoms with Gasteiger partial charge in [-0.3, -0.25) is 0 Å². The smallest absolute Gasteiger partial charge is 0.333 e. The molecule has 0 heterocycles. The lowest BCUT2D eigenvalue weighted by atomic mass is 9.52. The molecule has 3 unspecified atom stereocenters. The highest BCUT2D eigenvalue weighted by molar-refractivity contribution is 5.87. The maximum atomic E-state index is 12.0. The molecule has 4 aliphatic carbocycles. The highest BCUT2D eigenvalue weighted by atomic mass is 16.6. The molecule has 0 saturated heterocycles. The van der Waals surface area contributed by atoms with E-state index in [1.807, 2.05) is 0 Å². The molecule has 4 rings (SSSR count). The van der Waals surface area contributed by atoms with Gasteiger partial charge in [-0.25, -0.2) is 9.59 Å². The van der Waals surface area contributed by atoms with Crippen LogP contribution in [-0.4, -0.2) is 34.4 Å². The molecule has 5 heteroatoms. The number of hydrogen-bond acceptors (Lipinski definition) is 4.